The highest BCUT2D eigenvalue weighted by Crippen LogP contribution is 2.31. The maximum Gasteiger partial charge on any atom is 0.321 e. The monoisotopic (exact) mass is 401 g/mol. The molecule has 140 valence electrons. The third-order valence-corrected chi connectivity index (χ3v) is 5.31. The number of anilines is 1. The first-order chi connectivity index (χ1) is 13.0. The number of ether oxygens (including phenoxy) is 1. The number of carbonyl (C=O) groups is 1. The number of halogens is 1. The van der Waals surface area contributed by atoms with Crippen molar-refractivity contribution >= 4 is 34.1 Å². The van der Waals surface area contributed by atoms with E-state index < -0.39 is 0 Å². The average molecular weight is 402 g/mol. The van der Waals surface area contributed by atoms with Crippen LogP contribution in [0.15, 0.2) is 54.7 Å². The van der Waals surface area contributed by atoms with Crippen molar-refractivity contribution in [2.24, 2.45) is 0 Å². The Bertz CT molecular complexity index is 927. The SMILES string of the molecule is CC(C)c1cnc(NC(=O)NCc2ccccc2Oc2ccccc2Cl)s1. The molecule has 0 fully saturated rings. The Kier molecular flexibility index (Phi) is 6.32. The summed E-state index contributed by atoms with van der Waals surface area (Å²) >= 11 is 7.63. The van der Waals surface area contributed by atoms with E-state index in [2.05, 4.69) is 29.5 Å². The summed E-state index contributed by atoms with van der Waals surface area (Å²) in [6.07, 6.45) is 1.79. The highest BCUT2D eigenvalue weighted by Gasteiger charge is 2.11. The van der Waals surface area contributed by atoms with Crippen LogP contribution >= 0.6 is 22.9 Å². The van der Waals surface area contributed by atoms with Crippen LogP contribution in [-0.4, -0.2) is 11.0 Å². The minimum atomic E-state index is -0.313. The largest absolute Gasteiger partial charge is 0.455 e. The molecule has 0 atom stereocenters. The van der Waals surface area contributed by atoms with Gasteiger partial charge in [0.05, 0.1) is 5.02 Å². The Labute approximate surface area is 167 Å². The molecule has 0 unspecified atom stereocenters. The fourth-order valence-corrected chi connectivity index (χ4v) is 3.31. The zero-order valence-corrected chi connectivity index (χ0v) is 16.6. The fraction of sp³-hybridized carbons (Fsp3) is 0.200. The topological polar surface area (TPSA) is 63.2 Å². The molecule has 0 saturated carbocycles. The van der Waals surface area contributed by atoms with Gasteiger partial charge in [0.15, 0.2) is 5.13 Å². The number of urea groups is 1. The fourth-order valence-electron chi connectivity index (χ4n) is 2.32. The lowest BCUT2D eigenvalue weighted by Crippen LogP contribution is -2.28. The summed E-state index contributed by atoms with van der Waals surface area (Å²) in [7, 11) is 0. The number of nitrogens with zero attached hydrogens (tertiary/aromatic N) is 1. The normalized spacial score (nSPS) is 10.7. The molecular weight excluding hydrogens is 382 g/mol. The molecule has 27 heavy (non-hydrogen) atoms. The zero-order chi connectivity index (χ0) is 19.2. The van der Waals surface area contributed by atoms with Crippen LogP contribution in [0.5, 0.6) is 11.5 Å². The van der Waals surface area contributed by atoms with Gasteiger partial charge >= 0.3 is 6.03 Å². The van der Waals surface area contributed by atoms with E-state index in [1.165, 1.54) is 11.3 Å². The predicted octanol–water partition coefficient (Wildman–Crippen LogP) is 6.03. The maximum atomic E-state index is 12.2. The second-order valence-corrected chi connectivity index (χ2v) is 7.64. The van der Waals surface area contributed by atoms with Crippen molar-refractivity contribution in [3.8, 4) is 11.5 Å². The van der Waals surface area contributed by atoms with E-state index in [0.29, 0.717) is 34.1 Å². The summed E-state index contributed by atoms with van der Waals surface area (Å²) in [5, 5.41) is 6.70. The van der Waals surface area contributed by atoms with Gasteiger partial charge in [-0.15, -0.1) is 11.3 Å². The van der Waals surface area contributed by atoms with Crippen molar-refractivity contribution in [1.29, 1.82) is 0 Å². The van der Waals surface area contributed by atoms with E-state index >= 15 is 0 Å². The van der Waals surface area contributed by atoms with Gasteiger partial charge in [-0.3, -0.25) is 5.32 Å². The summed E-state index contributed by atoms with van der Waals surface area (Å²) in [6.45, 7) is 4.50. The quantitative estimate of drug-likeness (QED) is 0.529. The van der Waals surface area contributed by atoms with Crippen LogP contribution in [0, 0.1) is 0 Å². The van der Waals surface area contributed by atoms with Gasteiger partial charge in [-0.25, -0.2) is 9.78 Å². The van der Waals surface area contributed by atoms with Crippen LogP contribution in [0.3, 0.4) is 0 Å². The molecule has 0 aliphatic rings. The Balaban J connectivity index is 1.62. The number of para-hydroxylation sites is 2. The lowest BCUT2D eigenvalue weighted by molar-refractivity contribution is 0.251. The number of benzene rings is 2. The number of aromatic nitrogens is 1. The van der Waals surface area contributed by atoms with E-state index in [4.69, 9.17) is 16.3 Å². The molecule has 0 spiro atoms. The first kappa shape index (κ1) is 19.2. The number of nitrogens with one attached hydrogen (secondary N) is 2. The number of amides is 2. The Morgan fingerprint density at radius 1 is 1.15 bits per heavy atom. The summed E-state index contributed by atoms with van der Waals surface area (Å²) in [6, 6.07) is 14.5. The molecule has 2 aromatic carbocycles. The summed E-state index contributed by atoms with van der Waals surface area (Å²) in [5.74, 6) is 1.59. The van der Waals surface area contributed by atoms with Gasteiger partial charge in [-0.2, -0.15) is 0 Å². The molecule has 2 amide bonds. The molecule has 5 nitrogen and oxygen atoms in total. The minimum Gasteiger partial charge on any atom is -0.455 e. The van der Waals surface area contributed by atoms with Crippen molar-refractivity contribution in [3.63, 3.8) is 0 Å². The predicted molar refractivity (Wildman–Crippen MR) is 110 cm³/mol. The van der Waals surface area contributed by atoms with Crippen molar-refractivity contribution < 1.29 is 9.53 Å². The third-order valence-electron chi connectivity index (χ3n) is 3.78. The van der Waals surface area contributed by atoms with Crippen molar-refractivity contribution in [3.05, 3.63) is 70.2 Å². The van der Waals surface area contributed by atoms with E-state index in [9.17, 15) is 4.79 Å². The first-order valence-corrected chi connectivity index (χ1v) is 9.73. The van der Waals surface area contributed by atoms with Crippen molar-refractivity contribution in [2.75, 3.05) is 5.32 Å². The lowest BCUT2D eigenvalue weighted by Gasteiger charge is -2.13. The summed E-state index contributed by atoms with van der Waals surface area (Å²) < 4.78 is 5.91. The molecule has 1 aromatic heterocycles. The molecule has 3 rings (SSSR count). The number of hydrogen-bond acceptors (Lipinski definition) is 4. The molecule has 7 heteroatoms. The van der Waals surface area contributed by atoms with Crippen molar-refractivity contribution in [2.45, 2.75) is 26.3 Å². The first-order valence-electron chi connectivity index (χ1n) is 8.54. The van der Waals surface area contributed by atoms with E-state index in [0.717, 1.165) is 10.4 Å². The molecule has 2 N–H and O–H groups in total. The smallest absolute Gasteiger partial charge is 0.321 e. The van der Waals surface area contributed by atoms with Crippen LogP contribution in [0.25, 0.3) is 0 Å². The Morgan fingerprint density at radius 2 is 1.85 bits per heavy atom. The van der Waals surface area contributed by atoms with Crippen molar-refractivity contribution in [1.82, 2.24) is 10.3 Å². The Hall–Kier alpha value is -2.57. The van der Waals surface area contributed by atoms with E-state index in [-0.39, 0.29) is 6.03 Å². The molecule has 0 radical (unpaired) electrons. The second-order valence-electron chi connectivity index (χ2n) is 6.17. The standard InChI is InChI=1S/C20H20ClN3O2S/c1-13(2)18-12-23-20(27-18)24-19(25)22-11-14-7-3-5-9-16(14)26-17-10-6-4-8-15(17)21/h3-10,12-13H,11H2,1-2H3,(H2,22,23,24,25). The molecular formula is C20H20ClN3O2S. The lowest BCUT2D eigenvalue weighted by atomic mass is 10.2. The molecule has 0 saturated heterocycles. The minimum absolute atomic E-state index is 0.313. The number of hydrogen-bond donors (Lipinski definition) is 2. The summed E-state index contributed by atoms with van der Waals surface area (Å²) in [5.41, 5.74) is 0.842. The number of rotatable bonds is 6. The molecule has 3 aromatic rings. The third kappa shape index (κ3) is 5.21. The van der Waals surface area contributed by atoms with Gasteiger partial charge in [0.2, 0.25) is 0 Å². The average Bonchev–Trinajstić information content (AvgIpc) is 3.12. The van der Waals surface area contributed by atoms with Gasteiger partial charge < -0.3 is 10.1 Å². The van der Waals surface area contributed by atoms with Crippen LogP contribution in [0.1, 0.15) is 30.2 Å². The number of carbonyl (C=O) groups excluding carboxylic acids is 1. The van der Waals surface area contributed by atoms with Gasteiger partial charge in [0.25, 0.3) is 0 Å². The molecule has 0 aliphatic carbocycles. The van der Waals surface area contributed by atoms with Crippen LogP contribution in [0.2, 0.25) is 5.02 Å². The van der Waals surface area contributed by atoms with Crippen LogP contribution in [0.4, 0.5) is 9.93 Å². The van der Waals surface area contributed by atoms with Gasteiger partial charge in [0.1, 0.15) is 11.5 Å². The van der Waals surface area contributed by atoms with Gasteiger partial charge in [0, 0.05) is 23.2 Å². The molecule has 0 bridgehead atoms. The second kappa shape index (κ2) is 8.88. The van der Waals surface area contributed by atoms with E-state index in [1.54, 1.807) is 18.3 Å². The molecule has 0 aliphatic heterocycles. The van der Waals surface area contributed by atoms with Gasteiger partial charge in [-0.05, 0) is 24.1 Å². The highest BCUT2D eigenvalue weighted by molar-refractivity contribution is 7.15. The summed E-state index contributed by atoms with van der Waals surface area (Å²) in [4.78, 5) is 17.5. The number of thiazole rings is 1. The van der Waals surface area contributed by atoms with E-state index in [1.807, 2.05) is 36.4 Å². The molecule has 1 heterocycles. The highest BCUT2D eigenvalue weighted by atomic mass is 35.5. The Morgan fingerprint density at radius 3 is 2.56 bits per heavy atom. The van der Waals surface area contributed by atoms with Crippen LogP contribution < -0.4 is 15.4 Å². The van der Waals surface area contributed by atoms with Crippen LogP contribution in [-0.2, 0) is 6.54 Å². The van der Waals surface area contributed by atoms with Gasteiger partial charge in [-0.1, -0.05) is 55.8 Å². The maximum absolute atomic E-state index is 12.2. The zero-order valence-electron chi connectivity index (χ0n) is 15.0.